The minimum atomic E-state index is -1.87. The number of halogens is 6. The lowest BCUT2D eigenvalue weighted by Crippen LogP contribution is -2.42. The molecule has 9 heteroatoms. The van der Waals surface area contributed by atoms with Crippen LogP contribution in [0.2, 0.25) is 0 Å². The third-order valence-electron chi connectivity index (χ3n) is 2.99. The van der Waals surface area contributed by atoms with E-state index in [9.17, 15) is 4.79 Å². The van der Waals surface area contributed by atoms with E-state index in [0.717, 1.165) is 0 Å². The van der Waals surface area contributed by atoms with E-state index >= 15 is 0 Å². The van der Waals surface area contributed by atoms with Crippen LogP contribution in [-0.2, 0) is 4.74 Å². The van der Waals surface area contributed by atoms with Crippen molar-refractivity contribution in [2.24, 2.45) is 0 Å². The minimum absolute atomic E-state index is 0.0608. The van der Waals surface area contributed by atoms with Crippen LogP contribution in [0.4, 0.5) is 0 Å². The first-order chi connectivity index (χ1) is 10.0. The number of alkyl halides is 6. The van der Waals surface area contributed by atoms with Gasteiger partial charge in [0.15, 0.2) is 5.78 Å². The van der Waals surface area contributed by atoms with Gasteiger partial charge < -0.3 is 9.47 Å². The molecule has 122 valence electrons. The highest BCUT2D eigenvalue weighted by molar-refractivity contribution is 6.68. The lowest BCUT2D eigenvalue weighted by molar-refractivity contribution is -0.136. The van der Waals surface area contributed by atoms with Gasteiger partial charge in [0.25, 0.3) is 3.79 Å². The third-order valence-corrected chi connectivity index (χ3v) is 4.12. The molecule has 2 rings (SSSR count). The van der Waals surface area contributed by atoms with Gasteiger partial charge in [0.05, 0.1) is 0 Å². The Labute approximate surface area is 157 Å². The van der Waals surface area contributed by atoms with Crippen molar-refractivity contribution in [1.29, 1.82) is 0 Å². The molecule has 0 N–H and O–H groups in total. The molecule has 1 heterocycles. The van der Waals surface area contributed by atoms with Crippen molar-refractivity contribution in [2.45, 2.75) is 33.3 Å². The number of hydrogen-bond donors (Lipinski definition) is 0. The van der Waals surface area contributed by atoms with Crippen molar-refractivity contribution in [3.63, 3.8) is 0 Å². The van der Waals surface area contributed by atoms with Crippen LogP contribution in [0.15, 0.2) is 18.2 Å². The third kappa shape index (κ3) is 4.07. The van der Waals surface area contributed by atoms with Crippen LogP contribution in [0, 0.1) is 0 Å². The standard InChI is InChI=1S/C13H10Cl6O3/c1-2-8(20)6-3-4-9-7(5-6)10(12(14,15)16)22-11(21-9)13(17,18)19/h3-5,10-11H,2H2,1H3. The molecule has 2 atom stereocenters. The summed E-state index contributed by atoms with van der Waals surface area (Å²) < 4.78 is 7.27. The Kier molecular flexibility index (Phi) is 5.72. The summed E-state index contributed by atoms with van der Waals surface area (Å²) in [4.78, 5) is 11.8. The van der Waals surface area contributed by atoms with Crippen molar-refractivity contribution < 1.29 is 14.3 Å². The average Bonchev–Trinajstić information content (AvgIpc) is 2.42. The van der Waals surface area contributed by atoms with Crippen molar-refractivity contribution >= 4 is 75.4 Å². The zero-order chi connectivity index (χ0) is 16.7. The number of Topliss-reactive ketones (excluding diaryl/α,β-unsaturated/α-hetero) is 1. The molecule has 1 aliphatic heterocycles. The molecule has 0 fully saturated rings. The van der Waals surface area contributed by atoms with Gasteiger partial charge in [-0.1, -0.05) is 76.5 Å². The summed E-state index contributed by atoms with van der Waals surface area (Å²) in [6.45, 7) is 1.75. The van der Waals surface area contributed by atoms with E-state index in [1.165, 1.54) is 0 Å². The molecular weight excluding hydrogens is 417 g/mol. The Bertz CT molecular complexity index is 578. The van der Waals surface area contributed by atoms with E-state index < -0.39 is 20.0 Å². The number of ether oxygens (including phenoxy) is 2. The normalized spacial score (nSPS) is 22.0. The smallest absolute Gasteiger partial charge is 0.252 e. The number of hydrogen-bond acceptors (Lipinski definition) is 3. The van der Waals surface area contributed by atoms with Crippen LogP contribution in [0.1, 0.15) is 35.4 Å². The molecule has 22 heavy (non-hydrogen) atoms. The van der Waals surface area contributed by atoms with E-state index in [0.29, 0.717) is 23.3 Å². The van der Waals surface area contributed by atoms with Crippen LogP contribution < -0.4 is 4.74 Å². The molecule has 0 saturated heterocycles. The fourth-order valence-corrected chi connectivity index (χ4v) is 2.77. The summed E-state index contributed by atoms with van der Waals surface area (Å²) in [5, 5.41) is 0. The van der Waals surface area contributed by atoms with Crippen LogP contribution in [0.5, 0.6) is 5.75 Å². The van der Waals surface area contributed by atoms with Crippen molar-refractivity contribution in [2.75, 3.05) is 0 Å². The predicted octanol–water partition coefficient (Wildman–Crippen LogP) is 5.80. The van der Waals surface area contributed by atoms with Crippen LogP contribution in [0.3, 0.4) is 0 Å². The van der Waals surface area contributed by atoms with E-state index in [-0.39, 0.29) is 5.78 Å². The first-order valence-electron chi connectivity index (χ1n) is 6.16. The lowest BCUT2D eigenvalue weighted by atomic mass is 10.0. The van der Waals surface area contributed by atoms with Crippen LogP contribution >= 0.6 is 69.6 Å². The zero-order valence-corrected chi connectivity index (χ0v) is 15.6. The van der Waals surface area contributed by atoms with E-state index in [1.807, 2.05) is 0 Å². The quantitative estimate of drug-likeness (QED) is 0.443. The number of benzene rings is 1. The van der Waals surface area contributed by atoms with Crippen molar-refractivity contribution in [3.05, 3.63) is 29.3 Å². The highest BCUT2D eigenvalue weighted by Gasteiger charge is 2.48. The van der Waals surface area contributed by atoms with E-state index in [1.54, 1.807) is 25.1 Å². The summed E-state index contributed by atoms with van der Waals surface area (Å²) in [7, 11) is 0. The molecule has 0 radical (unpaired) electrons. The Hall–Kier alpha value is 0.390. The maximum atomic E-state index is 11.8. The Balaban J connectivity index is 2.49. The zero-order valence-electron chi connectivity index (χ0n) is 11.1. The van der Waals surface area contributed by atoms with Gasteiger partial charge in [0, 0.05) is 17.5 Å². The second-order valence-electron chi connectivity index (χ2n) is 4.58. The topological polar surface area (TPSA) is 35.5 Å². The molecule has 1 aliphatic rings. The molecule has 2 unspecified atom stereocenters. The van der Waals surface area contributed by atoms with Gasteiger partial charge >= 0.3 is 0 Å². The maximum absolute atomic E-state index is 11.8. The molecule has 0 aliphatic carbocycles. The van der Waals surface area contributed by atoms with Gasteiger partial charge in [-0.2, -0.15) is 0 Å². The molecular formula is C13H10Cl6O3. The molecule has 3 nitrogen and oxygen atoms in total. The van der Waals surface area contributed by atoms with E-state index in [2.05, 4.69) is 0 Å². The number of ketones is 1. The van der Waals surface area contributed by atoms with Crippen molar-refractivity contribution in [3.8, 4) is 5.75 Å². The summed E-state index contributed by atoms with van der Waals surface area (Å²) in [6, 6.07) is 4.72. The largest absolute Gasteiger partial charge is 0.460 e. The number of rotatable bonds is 2. The number of carbonyl (C=O) groups excluding carboxylic acids is 1. The number of fused-ring (bicyclic) bond motifs is 1. The molecule has 0 spiro atoms. The lowest BCUT2D eigenvalue weighted by Gasteiger charge is -2.38. The van der Waals surface area contributed by atoms with Gasteiger partial charge in [0.2, 0.25) is 10.1 Å². The molecule has 1 aromatic rings. The van der Waals surface area contributed by atoms with Gasteiger partial charge in [-0.15, -0.1) is 0 Å². The number of carbonyl (C=O) groups is 1. The first-order valence-corrected chi connectivity index (χ1v) is 8.43. The van der Waals surface area contributed by atoms with Gasteiger partial charge in [-0.3, -0.25) is 4.79 Å². The molecule has 0 amide bonds. The molecule has 0 aromatic heterocycles. The fourth-order valence-electron chi connectivity index (χ4n) is 1.98. The van der Waals surface area contributed by atoms with Crippen LogP contribution in [0.25, 0.3) is 0 Å². The summed E-state index contributed by atoms with van der Waals surface area (Å²) >= 11 is 35.3. The SMILES string of the molecule is CCC(=O)c1ccc2c(c1)C(C(Cl)(Cl)Cl)OC(C(Cl)(Cl)Cl)O2. The van der Waals surface area contributed by atoms with Gasteiger partial charge in [-0.25, -0.2) is 0 Å². The molecule has 0 bridgehead atoms. The van der Waals surface area contributed by atoms with E-state index in [4.69, 9.17) is 79.1 Å². The second kappa shape index (κ2) is 6.72. The summed E-state index contributed by atoms with van der Waals surface area (Å²) in [6.07, 6.45) is -1.96. The Morgan fingerprint density at radius 3 is 2.27 bits per heavy atom. The van der Waals surface area contributed by atoms with Crippen LogP contribution in [-0.4, -0.2) is 19.7 Å². The molecule has 1 aromatic carbocycles. The summed E-state index contributed by atoms with van der Waals surface area (Å²) in [5.41, 5.74) is 0.866. The predicted molar refractivity (Wildman–Crippen MR) is 89.9 cm³/mol. The van der Waals surface area contributed by atoms with Gasteiger partial charge in [0.1, 0.15) is 11.9 Å². The first kappa shape index (κ1) is 18.7. The minimum Gasteiger partial charge on any atom is -0.460 e. The maximum Gasteiger partial charge on any atom is 0.252 e. The average molecular weight is 427 g/mol. The van der Waals surface area contributed by atoms with Gasteiger partial charge in [-0.05, 0) is 18.2 Å². The highest BCUT2D eigenvalue weighted by Crippen LogP contribution is 2.51. The highest BCUT2D eigenvalue weighted by atomic mass is 35.6. The monoisotopic (exact) mass is 424 g/mol. The second-order valence-corrected chi connectivity index (χ2v) is 9.32. The Morgan fingerprint density at radius 1 is 1.14 bits per heavy atom. The molecule has 0 saturated carbocycles. The fraction of sp³-hybridized carbons (Fsp3) is 0.462. The van der Waals surface area contributed by atoms with Crippen molar-refractivity contribution in [1.82, 2.24) is 0 Å². The summed E-state index contributed by atoms with van der Waals surface area (Å²) in [5.74, 6) is 0.265. The Morgan fingerprint density at radius 2 is 1.77 bits per heavy atom.